The molecule has 1 N–H and O–H groups in total. The Bertz CT molecular complexity index is 1100. The van der Waals surface area contributed by atoms with Crippen molar-refractivity contribution in [1.29, 1.82) is 0 Å². The molecule has 0 aliphatic heterocycles. The molecule has 0 saturated heterocycles. The van der Waals surface area contributed by atoms with E-state index in [4.69, 9.17) is 9.15 Å². The molecule has 0 aliphatic rings. The fourth-order valence-corrected chi connectivity index (χ4v) is 3.43. The predicted octanol–water partition coefficient (Wildman–Crippen LogP) is 4.22. The molecule has 0 saturated carbocycles. The van der Waals surface area contributed by atoms with Gasteiger partial charge in [0, 0.05) is 22.7 Å². The number of benzene rings is 2. The quantitative estimate of drug-likeness (QED) is 0.306. The third-order valence-corrected chi connectivity index (χ3v) is 4.92. The van der Waals surface area contributed by atoms with Crippen LogP contribution in [0.5, 0.6) is 0 Å². The SMILES string of the molecule is CC(OC(=O)CSc1nc2ccccc2o1)C(=O)c1c[nH]c2ccccc12. The summed E-state index contributed by atoms with van der Waals surface area (Å²) in [6.07, 6.45) is 0.769. The van der Waals surface area contributed by atoms with E-state index < -0.39 is 12.1 Å². The number of H-pyrrole nitrogens is 1. The molecule has 0 amide bonds. The van der Waals surface area contributed by atoms with Gasteiger partial charge in [-0.1, -0.05) is 42.1 Å². The molecule has 0 aliphatic carbocycles. The highest BCUT2D eigenvalue weighted by Crippen LogP contribution is 2.24. The van der Waals surface area contributed by atoms with Gasteiger partial charge in [0.2, 0.25) is 5.78 Å². The van der Waals surface area contributed by atoms with Gasteiger partial charge in [0.05, 0.1) is 0 Å². The molecule has 2 aromatic heterocycles. The van der Waals surface area contributed by atoms with Crippen molar-refractivity contribution in [2.24, 2.45) is 0 Å². The normalized spacial score (nSPS) is 12.3. The summed E-state index contributed by atoms with van der Waals surface area (Å²) in [5.41, 5.74) is 2.77. The van der Waals surface area contributed by atoms with Crippen LogP contribution in [0.2, 0.25) is 0 Å². The van der Waals surface area contributed by atoms with E-state index in [2.05, 4.69) is 9.97 Å². The first-order valence-corrected chi connectivity index (χ1v) is 9.38. The summed E-state index contributed by atoms with van der Waals surface area (Å²) in [7, 11) is 0. The van der Waals surface area contributed by atoms with Crippen LogP contribution in [-0.2, 0) is 9.53 Å². The number of aromatic nitrogens is 2. The number of hydrogen-bond acceptors (Lipinski definition) is 6. The molecule has 136 valence electrons. The van der Waals surface area contributed by atoms with Gasteiger partial charge in [-0.25, -0.2) is 4.98 Å². The molecule has 0 radical (unpaired) electrons. The molecule has 7 heteroatoms. The maximum atomic E-state index is 12.6. The van der Waals surface area contributed by atoms with Crippen molar-refractivity contribution in [2.45, 2.75) is 18.3 Å². The van der Waals surface area contributed by atoms with E-state index in [1.54, 1.807) is 13.1 Å². The maximum absolute atomic E-state index is 12.6. The molecular weight excluding hydrogens is 364 g/mol. The second-order valence-electron chi connectivity index (χ2n) is 5.98. The molecule has 2 aromatic carbocycles. The van der Waals surface area contributed by atoms with Gasteiger partial charge in [-0.05, 0) is 25.1 Å². The van der Waals surface area contributed by atoms with Crippen LogP contribution >= 0.6 is 11.8 Å². The third kappa shape index (κ3) is 3.59. The van der Waals surface area contributed by atoms with Crippen LogP contribution in [-0.4, -0.2) is 33.6 Å². The summed E-state index contributed by atoms with van der Waals surface area (Å²) in [6.45, 7) is 1.58. The monoisotopic (exact) mass is 380 g/mol. The summed E-state index contributed by atoms with van der Waals surface area (Å²) in [5.74, 6) is -0.728. The number of ether oxygens (including phenoxy) is 1. The summed E-state index contributed by atoms with van der Waals surface area (Å²) in [5, 5.41) is 1.20. The molecule has 1 unspecified atom stereocenters. The Hall–Kier alpha value is -3.06. The van der Waals surface area contributed by atoms with Gasteiger partial charge in [0.25, 0.3) is 5.22 Å². The van der Waals surface area contributed by atoms with Crippen LogP contribution in [0.3, 0.4) is 0 Å². The number of para-hydroxylation sites is 3. The van der Waals surface area contributed by atoms with E-state index in [9.17, 15) is 9.59 Å². The van der Waals surface area contributed by atoms with Crippen molar-refractivity contribution in [3.8, 4) is 0 Å². The first-order valence-electron chi connectivity index (χ1n) is 8.40. The Morgan fingerprint density at radius 2 is 1.96 bits per heavy atom. The first-order chi connectivity index (χ1) is 13.1. The van der Waals surface area contributed by atoms with Crippen LogP contribution in [0, 0.1) is 0 Å². The lowest BCUT2D eigenvalue weighted by molar-refractivity contribution is -0.143. The Morgan fingerprint density at radius 1 is 1.19 bits per heavy atom. The Balaban J connectivity index is 1.37. The molecule has 4 aromatic rings. The Morgan fingerprint density at radius 3 is 2.81 bits per heavy atom. The zero-order valence-corrected chi connectivity index (χ0v) is 15.3. The van der Waals surface area contributed by atoms with Crippen LogP contribution < -0.4 is 0 Å². The lowest BCUT2D eigenvalue weighted by Gasteiger charge is -2.11. The molecule has 0 fully saturated rings. The number of rotatable bonds is 6. The minimum absolute atomic E-state index is 0.0122. The number of ketones is 1. The second kappa shape index (κ2) is 7.28. The van der Waals surface area contributed by atoms with E-state index in [1.165, 1.54) is 0 Å². The lowest BCUT2D eigenvalue weighted by atomic mass is 10.1. The van der Waals surface area contributed by atoms with Gasteiger partial charge >= 0.3 is 5.97 Å². The number of carbonyl (C=O) groups excluding carboxylic acids is 2. The number of oxazole rings is 1. The fraction of sp³-hybridized carbons (Fsp3) is 0.150. The van der Waals surface area contributed by atoms with Crippen LogP contribution in [0.25, 0.3) is 22.0 Å². The second-order valence-corrected chi connectivity index (χ2v) is 6.91. The molecule has 6 nitrogen and oxygen atoms in total. The van der Waals surface area contributed by atoms with Crippen LogP contribution in [0.1, 0.15) is 17.3 Å². The van der Waals surface area contributed by atoms with Gasteiger partial charge in [0.1, 0.15) is 11.3 Å². The van der Waals surface area contributed by atoms with Crippen molar-refractivity contribution in [3.63, 3.8) is 0 Å². The van der Waals surface area contributed by atoms with E-state index >= 15 is 0 Å². The van der Waals surface area contributed by atoms with Crippen LogP contribution in [0.15, 0.2) is 64.4 Å². The van der Waals surface area contributed by atoms with Gasteiger partial charge in [-0.3, -0.25) is 9.59 Å². The molecule has 4 rings (SSSR count). The van der Waals surface area contributed by atoms with Crippen molar-refractivity contribution in [3.05, 3.63) is 60.3 Å². The number of carbonyl (C=O) groups is 2. The van der Waals surface area contributed by atoms with Crippen molar-refractivity contribution in [2.75, 3.05) is 5.75 Å². The van der Waals surface area contributed by atoms with Gasteiger partial charge in [-0.15, -0.1) is 0 Å². The number of fused-ring (bicyclic) bond motifs is 2. The Kier molecular flexibility index (Phi) is 4.68. The number of esters is 1. The lowest BCUT2D eigenvalue weighted by Crippen LogP contribution is -2.25. The highest BCUT2D eigenvalue weighted by Gasteiger charge is 2.22. The van der Waals surface area contributed by atoms with Gasteiger partial charge in [0.15, 0.2) is 11.7 Å². The van der Waals surface area contributed by atoms with Gasteiger partial charge < -0.3 is 14.1 Å². The molecule has 0 spiro atoms. The van der Waals surface area contributed by atoms with Crippen LogP contribution in [0.4, 0.5) is 0 Å². The summed E-state index contributed by atoms with van der Waals surface area (Å²) in [6, 6.07) is 14.9. The Labute approximate surface area is 158 Å². The fourth-order valence-electron chi connectivity index (χ4n) is 2.81. The van der Waals surface area contributed by atoms with Gasteiger partial charge in [-0.2, -0.15) is 0 Å². The van der Waals surface area contributed by atoms with Crippen molar-refractivity contribution < 1.29 is 18.7 Å². The number of nitrogens with zero attached hydrogens (tertiary/aromatic N) is 1. The molecule has 0 bridgehead atoms. The number of thioether (sulfide) groups is 1. The highest BCUT2D eigenvalue weighted by atomic mass is 32.2. The first kappa shape index (κ1) is 17.4. The average molecular weight is 380 g/mol. The minimum Gasteiger partial charge on any atom is -0.454 e. The predicted molar refractivity (Wildman–Crippen MR) is 103 cm³/mol. The number of aromatic amines is 1. The third-order valence-electron chi connectivity index (χ3n) is 4.12. The van der Waals surface area contributed by atoms with E-state index in [0.29, 0.717) is 16.4 Å². The maximum Gasteiger partial charge on any atom is 0.317 e. The number of Topliss-reactive ketones (excluding diaryl/α,β-unsaturated/α-hetero) is 1. The molecule has 1 atom stereocenters. The number of nitrogens with one attached hydrogen (secondary N) is 1. The van der Waals surface area contributed by atoms with E-state index in [-0.39, 0.29) is 11.5 Å². The minimum atomic E-state index is -0.874. The summed E-state index contributed by atoms with van der Waals surface area (Å²) in [4.78, 5) is 32.1. The van der Waals surface area contributed by atoms with Crippen molar-refractivity contribution in [1.82, 2.24) is 9.97 Å². The smallest absolute Gasteiger partial charge is 0.317 e. The molecule has 27 heavy (non-hydrogen) atoms. The van der Waals surface area contributed by atoms with Crippen molar-refractivity contribution >= 4 is 45.5 Å². The largest absolute Gasteiger partial charge is 0.454 e. The zero-order valence-electron chi connectivity index (χ0n) is 14.5. The molecular formula is C20H16N2O4S. The molecule has 2 heterocycles. The highest BCUT2D eigenvalue weighted by molar-refractivity contribution is 7.99. The average Bonchev–Trinajstić information content (AvgIpc) is 3.29. The standard InChI is InChI=1S/C20H16N2O4S/c1-12(19(24)14-10-21-15-7-3-2-6-13(14)15)25-18(23)11-27-20-22-16-8-4-5-9-17(16)26-20/h2-10,12,21H,11H2,1H3. The van der Waals surface area contributed by atoms with E-state index in [0.717, 1.165) is 28.2 Å². The topological polar surface area (TPSA) is 85.2 Å². The zero-order chi connectivity index (χ0) is 18.8. The number of hydrogen-bond donors (Lipinski definition) is 1. The summed E-state index contributed by atoms with van der Waals surface area (Å²) < 4.78 is 10.8. The van der Waals surface area contributed by atoms with E-state index in [1.807, 2.05) is 48.5 Å². The summed E-state index contributed by atoms with van der Waals surface area (Å²) >= 11 is 1.14.